The second kappa shape index (κ2) is 5.33. The molecule has 126 valence electrons. The number of benzene rings is 2. The van der Waals surface area contributed by atoms with Gasteiger partial charge in [0, 0.05) is 5.92 Å². The summed E-state index contributed by atoms with van der Waals surface area (Å²) in [5.74, 6) is 0.299. The summed E-state index contributed by atoms with van der Waals surface area (Å²) >= 11 is 0. The first-order valence-electron chi connectivity index (χ1n) is 7.60. The van der Waals surface area contributed by atoms with Crippen LogP contribution >= 0.6 is 0 Å². The molecule has 1 saturated carbocycles. The quantitative estimate of drug-likeness (QED) is 0.780. The van der Waals surface area contributed by atoms with Crippen LogP contribution in [0.4, 0.5) is 0 Å². The Hall–Kier alpha value is -2.85. The fourth-order valence-electron chi connectivity index (χ4n) is 3.42. The van der Waals surface area contributed by atoms with E-state index < -0.39 is 26.4 Å². The SMILES string of the molecule is N#C[C@@]1(C=O)[C@@H](c2ccc3c(c2)OCO3)[C@@H]1S(=O)(=O)c1ccccc1. The first-order valence-corrected chi connectivity index (χ1v) is 9.15. The molecule has 1 aliphatic carbocycles. The smallest absolute Gasteiger partial charge is 0.231 e. The lowest BCUT2D eigenvalue weighted by Gasteiger charge is -2.04. The molecule has 2 aliphatic rings. The number of hydrogen-bond donors (Lipinski definition) is 0. The first-order chi connectivity index (χ1) is 12.0. The molecule has 7 heteroatoms. The zero-order chi connectivity index (χ0) is 17.7. The van der Waals surface area contributed by atoms with Crippen LogP contribution in [-0.4, -0.2) is 26.7 Å². The third-order valence-corrected chi connectivity index (χ3v) is 6.99. The summed E-state index contributed by atoms with van der Waals surface area (Å²) in [5, 5.41) is 8.44. The van der Waals surface area contributed by atoms with E-state index in [4.69, 9.17) is 9.47 Å². The minimum Gasteiger partial charge on any atom is -0.454 e. The van der Waals surface area contributed by atoms with Gasteiger partial charge in [-0.05, 0) is 29.8 Å². The van der Waals surface area contributed by atoms with Gasteiger partial charge in [0.05, 0.1) is 11.0 Å². The molecule has 0 amide bonds. The van der Waals surface area contributed by atoms with Crippen molar-refractivity contribution in [2.75, 3.05) is 6.79 Å². The Labute approximate surface area is 144 Å². The predicted octanol–water partition coefficient (Wildman–Crippen LogP) is 2.06. The summed E-state index contributed by atoms with van der Waals surface area (Å²) in [7, 11) is -3.83. The maximum Gasteiger partial charge on any atom is 0.231 e. The van der Waals surface area contributed by atoms with E-state index in [1.807, 2.05) is 6.07 Å². The Kier molecular flexibility index (Phi) is 3.34. The summed E-state index contributed by atoms with van der Waals surface area (Å²) in [6.45, 7) is 0.0896. The van der Waals surface area contributed by atoms with E-state index in [0.717, 1.165) is 0 Å². The molecule has 0 N–H and O–H groups in total. The fourth-order valence-corrected chi connectivity index (χ4v) is 5.68. The van der Waals surface area contributed by atoms with E-state index in [9.17, 15) is 18.5 Å². The van der Waals surface area contributed by atoms with Gasteiger partial charge in [0.1, 0.15) is 17.0 Å². The van der Waals surface area contributed by atoms with Crippen LogP contribution in [0.3, 0.4) is 0 Å². The molecule has 25 heavy (non-hydrogen) atoms. The van der Waals surface area contributed by atoms with Crippen molar-refractivity contribution < 1.29 is 22.7 Å². The molecular weight excluding hydrogens is 342 g/mol. The van der Waals surface area contributed by atoms with Gasteiger partial charge in [0.2, 0.25) is 6.79 Å². The second-order valence-corrected chi connectivity index (χ2v) is 8.10. The summed E-state index contributed by atoms with van der Waals surface area (Å²) in [6, 6.07) is 14.8. The topological polar surface area (TPSA) is 93.5 Å². The highest BCUT2D eigenvalue weighted by Crippen LogP contribution is 2.63. The lowest BCUT2D eigenvalue weighted by Crippen LogP contribution is -2.16. The zero-order valence-electron chi connectivity index (χ0n) is 13.0. The number of hydrogen-bond acceptors (Lipinski definition) is 6. The molecule has 0 radical (unpaired) electrons. The number of nitriles is 1. The number of fused-ring (bicyclic) bond motifs is 1. The largest absolute Gasteiger partial charge is 0.454 e. The van der Waals surface area contributed by atoms with E-state index >= 15 is 0 Å². The third kappa shape index (κ3) is 2.14. The average molecular weight is 355 g/mol. The van der Waals surface area contributed by atoms with Crippen molar-refractivity contribution in [2.24, 2.45) is 5.41 Å². The van der Waals surface area contributed by atoms with Gasteiger partial charge in [-0.1, -0.05) is 24.3 Å². The van der Waals surface area contributed by atoms with Crippen LogP contribution in [0.15, 0.2) is 53.4 Å². The van der Waals surface area contributed by atoms with E-state index in [1.54, 1.807) is 36.4 Å². The summed E-state index contributed by atoms with van der Waals surface area (Å²) < 4.78 is 36.5. The van der Waals surface area contributed by atoms with Crippen molar-refractivity contribution in [1.29, 1.82) is 5.26 Å². The number of carbonyl (C=O) groups excluding carboxylic acids is 1. The van der Waals surface area contributed by atoms with Crippen molar-refractivity contribution >= 4 is 16.1 Å². The lowest BCUT2D eigenvalue weighted by atomic mass is 10.0. The van der Waals surface area contributed by atoms with Crippen molar-refractivity contribution in [1.82, 2.24) is 0 Å². The van der Waals surface area contributed by atoms with Gasteiger partial charge in [-0.15, -0.1) is 0 Å². The molecule has 1 heterocycles. The standard InChI is InChI=1S/C18H13NO5S/c19-9-18(10-20)16(12-6-7-14-15(8-12)24-11-23-14)17(18)25(21,22)13-4-2-1-3-5-13/h1-8,10,16-17H,11H2/t16-,17-,18+/m0/s1. The summed E-state index contributed by atoms with van der Waals surface area (Å²) in [5.41, 5.74) is -1.02. The third-order valence-electron chi connectivity index (χ3n) is 4.73. The van der Waals surface area contributed by atoms with Crippen molar-refractivity contribution in [2.45, 2.75) is 16.1 Å². The number of sulfone groups is 1. The van der Waals surface area contributed by atoms with Gasteiger partial charge >= 0.3 is 0 Å². The maximum atomic E-state index is 13.0. The molecule has 0 spiro atoms. The Balaban J connectivity index is 1.80. The second-order valence-electron chi connectivity index (χ2n) is 6.03. The number of ether oxygens (including phenoxy) is 2. The minimum atomic E-state index is -3.83. The predicted molar refractivity (Wildman–Crippen MR) is 86.8 cm³/mol. The van der Waals surface area contributed by atoms with Crippen LogP contribution < -0.4 is 9.47 Å². The van der Waals surface area contributed by atoms with Gasteiger partial charge in [-0.2, -0.15) is 5.26 Å². The summed E-state index contributed by atoms with van der Waals surface area (Å²) in [4.78, 5) is 11.8. The molecule has 2 aromatic rings. The molecular formula is C18H13NO5S. The highest BCUT2D eigenvalue weighted by Gasteiger charge is 2.72. The maximum absolute atomic E-state index is 13.0. The molecule has 0 aromatic heterocycles. The van der Waals surface area contributed by atoms with Crippen LogP contribution in [0.1, 0.15) is 11.5 Å². The Morgan fingerprint density at radius 1 is 1.12 bits per heavy atom. The van der Waals surface area contributed by atoms with Gasteiger partial charge in [0.25, 0.3) is 0 Å². The molecule has 1 fully saturated rings. The molecule has 1 aliphatic heterocycles. The van der Waals surface area contributed by atoms with Gasteiger partial charge in [-0.3, -0.25) is 0 Å². The van der Waals surface area contributed by atoms with Crippen LogP contribution in [0.25, 0.3) is 0 Å². The Morgan fingerprint density at radius 3 is 2.52 bits per heavy atom. The Bertz CT molecular complexity index is 996. The number of rotatable bonds is 4. The minimum absolute atomic E-state index is 0.0896. The zero-order valence-corrected chi connectivity index (χ0v) is 13.8. The van der Waals surface area contributed by atoms with Gasteiger partial charge in [-0.25, -0.2) is 8.42 Å². The molecule has 2 aromatic carbocycles. The van der Waals surface area contributed by atoms with E-state index in [2.05, 4.69) is 0 Å². The molecule has 4 rings (SSSR count). The van der Waals surface area contributed by atoms with Crippen LogP contribution in [0.2, 0.25) is 0 Å². The van der Waals surface area contributed by atoms with Crippen LogP contribution in [0.5, 0.6) is 11.5 Å². The van der Waals surface area contributed by atoms with Crippen LogP contribution in [-0.2, 0) is 14.6 Å². The van der Waals surface area contributed by atoms with Gasteiger partial charge < -0.3 is 14.3 Å². The molecule has 3 atom stereocenters. The van der Waals surface area contributed by atoms with E-state index in [0.29, 0.717) is 23.3 Å². The number of nitrogens with zero attached hydrogens (tertiary/aromatic N) is 1. The lowest BCUT2D eigenvalue weighted by molar-refractivity contribution is -0.110. The summed E-state index contributed by atoms with van der Waals surface area (Å²) in [6.07, 6.45) is 0.452. The fraction of sp³-hybridized carbons (Fsp3) is 0.222. The van der Waals surface area contributed by atoms with Gasteiger partial charge in [0.15, 0.2) is 21.3 Å². The number of aldehydes is 1. The number of carbonyl (C=O) groups is 1. The molecule has 6 nitrogen and oxygen atoms in total. The van der Waals surface area contributed by atoms with E-state index in [-0.39, 0.29) is 11.7 Å². The highest BCUT2D eigenvalue weighted by molar-refractivity contribution is 7.92. The van der Waals surface area contributed by atoms with Crippen molar-refractivity contribution in [3.05, 3.63) is 54.1 Å². The molecule has 0 bridgehead atoms. The average Bonchev–Trinajstić information content (AvgIpc) is 3.12. The first kappa shape index (κ1) is 15.7. The monoisotopic (exact) mass is 355 g/mol. The van der Waals surface area contributed by atoms with Crippen molar-refractivity contribution in [3.63, 3.8) is 0 Å². The van der Waals surface area contributed by atoms with Crippen molar-refractivity contribution in [3.8, 4) is 17.6 Å². The van der Waals surface area contributed by atoms with Crippen LogP contribution in [0, 0.1) is 16.7 Å². The molecule has 0 unspecified atom stereocenters. The highest BCUT2D eigenvalue weighted by atomic mass is 32.2. The van der Waals surface area contributed by atoms with E-state index in [1.165, 1.54) is 12.1 Å². The Morgan fingerprint density at radius 2 is 1.84 bits per heavy atom. The molecule has 0 saturated heterocycles. The normalized spacial score (nSPS) is 26.7.